The first-order chi connectivity index (χ1) is 8.22. The first kappa shape index (κ1) is 12.1. The van der Waals surface area contributed by atoms with E-state index in [4.69, 9.17) is 5.73 Å². The maximum atomic E-state index is 12.0. The van der Waals surface area contributed by atoms with E-state index in [1.165, 1.54) is 0 Å². The highest BCUT2D eigenvalue weighted by Crippen LogP contribution is 2.19. The summed E-state index contributed by atoms with van der Waals surface area (Å²) in [6.07, 6.45) is 0.924. The standard InChI is InChI=1S/C13H19N3O/c1-15-10-13(17)16(9-12(15)7-8-14)11-5-3-2-4-6-11/h2-6,12H,7-10,14H2,1H3. The molecule has 0 bridgehead atoms. The number of anilines is 1. The molecule has 1 amide bonds. The Labute approximate surface area is 102 Å². The van der Waals surface area contributed by atoms with Gasteiger partial charge in [-0.3, -0.25) is 9.69 Å². The van der Waals surface area contributed by atoms with Crippen LogP contribution in [0.4, 0.5) is 5.69 Å². The average molecular weight is 233 g/mol. The van der Waals surface area contributed by atoms with Crippen LogP contribution in [0.15, 0.2) is 30.3 Å². The predicted octanol–water partition coefficient (Wildman–Crippen LogP) is 0.682. The van der Waals surface area contributed by atoms with Crippen LogP contribution in [-0.4, -0.2) is 43.5 Å². The van der Waals surface area contributed by atoms with Crippen molar-refractivity contribution in [2.45, 2.75) is 12.5 Å². The third-order valence-electron chi connectivity index (χ3n) is 3.27. The van der Waals surface area contributed by atoms with Crippen molar-refractivity contribution in [2.75, 3.05) is 31.6 Å². The first-order valence-corrected chi connectivity index (χ1v) is 5.98. The number of carbonyl (C=O) groups excluding carboxylic acids is 1. The summed E-state index contributed by atoms with van der Waals surface area (Å²) in [6.45, 7) is 1.86. The summed E-state index contributed by atoms with van der Waals surface area (Å²) in [7, 11) is 1.99. The van der Waals surface area contributed by atoms with E-state index in [0.29, 0.717) is 19.1 Å². The van der Waals surface area contributed by atoms with Crippen molar-refractivity contribution < 1.29 is 4.79 Å². The summed E-state index contributed by atoms with van der Waals surface area (Å²) in [5.41, 5.74) is 6.59. The number of amides is 1. The molecule has 1 aliphatic heterocycles. The molecular formula is C13H19N3O. The van der Waals surface area contributed by atoms with E-state index in [9.17, 15) is 4.79 Å². The van der Waals surface area contributed by atoms with Crippen molar-refractivity contribution in [3.8, 4) is 0 Å². The van der Waals surface area contributed by atoms with E-state index >= 15 is 0 Å². The van der Waals surface area contributed by atoms with Crippen LogP contribution in [0.1, 0.15) is 6.42 Å². The second-order valence-electron chi connectivity index (χ2n) is 4.49. The Hall–Kier alpha value is -1.39. The van der Waals surface area contributed by atoms with Gasteiger partial charge in [-0.05, 0) is 32.1 Å². The molecule has 1 aromatic carbocycles. The minimum absolute atomic E-state index is 0.159. The third kappa shape index (κ3) is 2.65. The Morgan fingerprint density at radius 1 is 1.35 bits per heavy atom. The lowest BCUT2D eigenvalue weighted by molar-refractivity contribution is -0.122. The number of carbonyl (C=O) groups is 1. The molecule has 1 unspecified atom stereocenters. The van der Waals surface area contributed by atoms with Crippen molar-refractivity contribution in [1.82, 2.24) is 4.90 Å². The SMILES string of the molecule is CN1CC(=O)N(c2ccccc2)CC1CCN. The predicted molar refractivity (Wildman–Crippen MR) is 68.9 cm³/mol. The molecule has 1 heterocycles. The van der Waals surface area contributed by atoms with Gasteiger partial charge in [-0.15, -0.1) is 0 Å². The van der Waals surface area contributed by atoms with E-state index in [-0.39, 0.29) is 5.91 Å². The van der Waals surface area contributed by atoms with E-state index in [1.54, 1.807) is 0 Å². The number of para-hydroxylation sites is 1. The van der Waals surface area contributed by atoms with Gasteiger partial charge in [0, 0.05) is 18.3 Å². The zero-order chi connectivity index (χ0) is 12.3. The molecule has 0 radical (unpaired) electrons. The number of hydrogen-bond acceptors (Lipinski definition) is 3. The van der Waals surface area contributed by atoms with Crippen molar-refractivity contribution in [3.05, 3.63) is 30.3 Å². The zero-order valence-electron chi connectivity index (χ0n) is 10.2. The van der Waals surface area contributed by atoms with Crippen LogP contribution in [0.5, 0.6) is 0 Å². The molecule has 2 rings (SSSR count). The number of rotatable bonds is 3. The summed E-state index contributed by atoms with van der Waals surface area (Å²) in [5, 5.41) is 0. The molecule has 4 heteroatoms. The van der Waals surface area contributed by atoms with E-state index in [2.05, 4.69) is 4.90 Å². The van der Waals surface area contributed by atoms with Crippen LogP contribution < -0.4 is 10.6 Å². The molecule has 0 saturated carbocycles. The molecule has 4 nitrogen and oxygen atoms in total. The van der Waals surface area contributed by atoms with Gasteiger partial charge in [0.25, 0.3) is 0 Å². The molecule has 0 spiro atoms. The third-order valence-corrected chi connectivity index (χ3v) is 3.27. The molecule has 17 heavy (non-hydrogen) atoms. The Kier molecular flexibility index (Phi) is 3.76. The lowest BCUT2D eigenvalue weighted by Gasteiger charge is -2.39. The normalized spacial score (nSPS) is 21.9. The quantitative estimate of drug-likeness (QED) is 0.835. The number of nitrogens with zero attached hydrogens (tertiary/aromatic N) is 2. The molecule has 0 aromatic heterocycles. The van der Waals surface area contributed by atoms with E-state index in [1.807, 2.05) is 42.3 Å². The Morgan fingerprint density at radius 3 is 2.71 bits per heavy atom. The van der Waals surface area contributed by atoms with Gasteiger partial charge in [0.1, 0.15) is 0 Å². The smallest absolute Gasteiger partial charge is 0.241 e. The Morgan fingerprint density at radius 2 is 2.06 bits per heavy atom. The van der Waals surface area contributed by atoms with Crippen LogP contribution >= 0.6 is 0 Å². The van der Waals surface area contributed by atoms with Crippen molar-refractivity contribution in [1.29, 1.82) is 0 Å². The molecule has 1 atom stereocenters. The zero-order valence-corrected chi connectivity index (χ0v) is 10.2. The highest BCUT2D eigenvalue weighted by Gasteiger charge is 2.29. The van der Waals surface area contributed by atoms with Crippen molar-refractivity contribution >= 4 is 11.6 Å². The fraction of sp³-hybridized carbons (Fsp3) is 0.462. The van der Waals surface area contributed by atoms with Gasteiger partial charge < -0.3 is 10.6 Å². The van der Waals surface area contributed by atoms with Crippen molar-refractivity contribution in [2.24, 2.45) is 5.73 Å². The van der Waals surface area contributed by atoms with Crippen LogP contribution in [0.3, 0.4) is 0 Å². The van der Waals surface area contributed by atoms with Gasteiger partial charge in [-0.2, -0.15) is 0 Å². The minimum atomic E-state index is 0.159. The first-order valence-electron chi connectivity index (χ1n) is 5.98. The monoisotopic (exact) mass is 233 g/mol. The van der Waals surface area contributed by atoms with Crippen molar-refractivity contribution in [3.63, 3.8) is 0 Å². The number of likely N-dealkylation sites (N-methyl/N-ethyl adjacent to an activating group) is 1. The molecule has 1 aromatic rings. The number of hydrogen-bond donors (Lipinski definition) is 1. The fourth-order valence-corrected chi connectivity index (χ4v) is 2.24. The molecule has 92 valence electrons. The largest absolute Gasteiger partial charge is 0.330 e. The fourth-order valence-electron chi connectivity index (χ4n) is 2.24. The van der Waals surface area contributed by atoms with Crippen LogP contribution in [-0.2, 0) is 4.79 Å². The van der Waals surface area contributed by atoms with Gasteiger partial charge in [-0.1, -0.05) is 18.2 Å². The summed E-state index contributed by atoms with van der Waals surface area (Å²) >= 11 is 0. The van der Waals surface area contributed by atoms with Crippen LogP contribution in [0.2, 0.25) is 0 Å². The summed E-state index contributed by atoms with van der Waals surface area (Å²) < 4.78 is 0. The molecule has 1 fully saturated rings. The molecule has 1 aliphatic rings. The van der Waals surface area contributed by atoms with Gasteiger partial charge in [0.2, 0.25) is 5.91 Å². The lowest BCUT2D eigenvalue weighted by Crippen LogP contribution is -2.55. The lowest BCUT2D eigenvalue weighted by atomic mass is 10.1. The second-order valence-corrected chi connectivity index (χ2v) is 4.49. The van der Waals surface area contributed by atoms with E-state index in [0.717, 1.165) is 18.7 Å². The van der Waals surface area contributed by atoms with Gasteiger partial charge in [-0.25, -0.2) is 0 Å². The Balaban J connectivity index is 2.15. The van der Waals surface area contributed by atoms with Crippen LogP contribution in [0.25, 0.3) is 0 Å². The maximum Gasteiger partial charge on any atom is 0.241 e. The van der Waals surface area contributed by atoms with Gasteiger partial charge >= 0.3 is 0 Å². The van der Waals surface area contributed by atoms with Crippen LogP contribution in [0, 0.1) is 0 Å². The van der Waals surface area contributed by atoms with Gasteiger partial charge in [0.15, 0.2) is 0 Å². The molecule has 2 N–H and O–H groups in total. The Bertz CT molecular complexity index is 380. The maximum absolute atomic E-state index is 12.0. The minimum Gasteiger partial charge on any atom is -0.330 e. The summed E-state index contributed by atoms with van der Waals surface area (Å²) in [4.78, 5) is 16.0. The highest BCUT2D eigenvalue weighted by molar-refractivity contribution is 5.95. The highest BCUT2D eigenvalue weighted by atomic mass is 16.2. The topological polar surface area (TPSA) is 49.6 Å². The number of benzene rings is 1. The summed E-state index contributed by atoms with van der Waals surface area (Å²) in [6, 6.07) is 10.2. The molecule has 0 aliphatic carbocycles. The summed E-state index contributed by atoms with van der Waals surface area (Å²) in [5.74, 6) is 0.159. The number of piperazine rings is 1. The average Bonchev–Trinajstić information content (AvgIpc) is 2.34. The van der Waals surface area contributed by atoms with E-state index < -0.39 is 0 Å². The molecular weight excluding hydrogens is 214 g/mol. The number of nitrogens with two attached hydrogens (primary N) is 1. The second kappa shape index (κ2) is 5.29. The molecule has 1 saturated heterocycles. The van der Waals surface area contributed by atoms with Gasteiger partial charge in [0.05, 0.1) is 6.54 Å².